The summed E-state index contributed by atoms with van der Waals surface area (Å²) in [4.78, 5) is 12.6. The summed E-state index contributed by atoms with van der Waals surface area (Å²) < 4.78 is 0. The number of amides is 1. The zero-order valence-corrected chi connectivity index (χ0v) is 8.75. The van der Waals surface area contributed by atoms with E-state index in [0.29, 0.717) is 23.8 Å². The third kappa shape index (κ3) is 2.37. The maximum absolute atomic E-state index is 10.6. The summed E-state index contributed by atoms with van der Waals surface area (Å²) >= 11 is 3.49. The number of alkyl halides is 1. The second-order valence-electron chi connectivity index (χ2n) is 3.31. The van der Waals surface area contributed by atoms with Crippen LogP contribution in [0.5, 0.6) is 0 Å². The van der Waals surface area contributed by atoms with Gasteiger partial charge < -0.3 is 10.0 Å². The van der Waals surface area contributed by atoms with Crippen molar-refractivity contribution < 1.29 is 9.90 Å². The minimum absolute atomic E-state index is 0.416. The average Bonchev–Trinajstić information content (AvgIpc) is 2.04. The Bertz CT molecular complexity index is 172. The minimum atomic E-state index is -0.784. The van der Waals surface area contributed by atoms with Gasteiger partial charge in [-0.2, -0.15) is 0 Å². The van der Waals surface area contributed by atoms with Crippen LogP contribution in [0.4, 0.5) is 4.79 Å². The quantitative estimate of drug-likeness (QED) is 0.708. The lowest BCUT2D eigenvalue weighted by Gasteiger charge is -2.32. The molecule has 2 unspecified atom stereocenters. The number of nitrogens with zero attached hydrogens (tertiary/aromatic N) is 1. The Kier molecular flexibility index (Phi) is 3.38. The van der Waals surface area contributed by atoms with Crippen molar-refractivity contribution in [3.63, 3.8) is 0 Å². The number of carbonyl (C=O) groups is 1. The van der Waals surface area contributed by atoms with Crippen LogP contribution in [0, 0.1) is 5.92 Å². The van der Waals surface area contributed by atoms with E-state index in [-0.39, 0.29) is 0 Å². The molecule has 0 aromatic heterocycles. The zero-order valence-electron chi connectivity index (χ0n) is 7.16. The molecule has 0 bridgehead atoms. The molecular formula is C8H14BrNO2. The fourth-order valence-electron chi connectivity index (χ4n) is 1.56. The summed E-state index contributed by atoms with van der Waals surface area (Å²) in [6.45, 7) is 3.46. The fourth-order valence-corrected chi connectivity index (χ4v) is 1.99. The van der Waals surface area contributed by atoms with Gasteiger partial charge in [-0.15, -0.1) is 0 Å². The molecular weight excluding hydrogens is 222 g/mol. The Morgan fingerprint density at radius 1 is 1.75 bits per heavy atom. The van der Waals surface area contributed by atoms with Crippen LogP contribution in [0.1, 0.15) is 19.8 Å². The van der Waals surface area contributed by atoms with Gasteiger partial charge in [-0.1, -0.05) is 22.9 Å². The molecule has 1 N–H and O–H groups in total. The van der Waals surface area contributed by atoms with Crippen molar-refractivity contribution >= 4 is 22.0 Å². The number of piperidine rings is 1. The van der Waals surface area contributed by atoms with E-state index in [2.05, 4.69) is 22.9 Å². The molecule has 0 spiro atoms. The molecule has 1 aliphatic rings. The standard InChI is InChI=1S/C8H14BrNO2/c1-6(9)7-3-2-4-10(5-7)8(11)12/h6-7H,2-5H2,1H3,(H,11,12). The summed E-state index contributed by atoms with van der Waals surface area (Å²) in [7, 11) is 0. The molecule has 0 aromatic rings. The molecule has 4 heteroatoms. The highest BCUT2D eigenvalue weighted by Crippen LogP contribution is 2.23. The SMILES string of the molecule is CC(Br)C1CCCN(C(=O)O)C1. The summed E-state index contributed by atoms with van der Waals surface area (Å²) in [5, 5.41) is 8.75. The van der Waals surface area contributed by atoms with Gasteiger partial charge in [0, 0.05) is 17.9 Å². The van der Waals surface area contributed by atoms with Gasteiger partial charge in [-0.05, 0) is 18.8 Å². The van der Waals surface area contributed by atoms with Crippen molar-refractivity contribution in [2.75, 3.05) is 13.1 Å². The molecule has 0 saturated carbocycles. The molecule has 1 heterocycles. The third-order valence-electron chi connectivity index (χ3n) is 2.38. The van der Waals surface area contributed by atoms with Crippen molar-refractivity contribution in [1.82, 2.24) is 4.90 Å². The van der Waals surface area contributed by atoms with E-state index in [1.807, 2.05) is 0 Å². The Morgan fingerprint density at radius 2 is 2.42 bits per heavy atom. The number of carboxylic acid groups (broad SMARTS) is 1. The maximum Gasteiger partial charge on any atom is 0.407 e. The van der Waals surface area contributed by atoms with E-state index in [1.165, 1.54) is 4.90 Å². The molecule has 0 aliphatic carbocycles. The van der Waals surface area contributed by atoms with Crippen molar-refractivity contribution in [3.05, 3.63) is 0 Å². The highest BCUT2D eigenvalue weighted by Gasteiger charge is 2.25. The topological polar surface area (TPSA) is 40.5 Å². The Morgan fingerprint density at radius 3 is 2.92 bits per heavy atom. The molecule has 1 saturated heterocycles. The van der Waals surface area contributed by atoms with Gasteiger partial charge in [0.05, 0.1) is 0 Å². The third-order valence-corrected chi connectivity index (χ3v) is 3.13. The summed E-state index contributed by atoms with van der Waals surface area (Å²) in [5.74, 6) is 0.481. The largest absolute Gasteiger partial charge is 0.465 e. The molecule has 0 aromatic carbocycles. The molecule has 1 aliphatic heterocycles. The summed E-state index contributed by atoms with van der Waals surface area (Å²) in [6.07, 6.45) is 1.34. The second-order valence-corrected chi connectivity index (χ2v) is 4.75. The van der Waals surface area contributed by atoms with E-state index in [4.69, 9.17) is 5.11 Å². The first-order valence-corrected chi connectivity index (χ1v) is 5.14. The number of likely N-dealkylation sites (tertiary alicyclic amines) is 1. The van der Waals surface area contributed by atoms with Crippen LogP contribution in [0.3, 0.4) is 0 Å². The van der Waals surface area contributed by atoms with Gasteiger partial charge in [0.15, 0.2) is 0 Å². The van der Waals surface area contributed by atoms with Crippen LogP contribution >= 0.6 is 15.9 Å². The van der Waals surface area contributed by atoms with E-state index < -0.39 is 6.09 Å². The number of hydrogen-bond acceptors (Lipinski definition) is 1. The minimum Gasteiger partial charge on any atom is -0.465 e. The van der Waals surface area contributed by atoms with Crippen LogP contribution in [0.25, 0.3) is 0 Å². The molecule has 3 nitrogen and oxygen atoms in total. The highest BCUT2D eigenvalue weighted by atomic mass is 79.9. The first-order chi connectivity index (χ1) is 5.61. The lowest BCUT2D eigenvalue weighted by Crippen LogP contribution is -2.41. The lowest BCUT2D eigenvalue weighted by molar-refractivity contribution is 0.120. The Hall–Kier alpha value is -0.250. The van der Waals surface area contributed by atoms with Gasteiger partial charge >= 0.3 is 6.09 Å². The van der Waals surface area contributed by atoms with Gasteiger partial charge in [-0.25, -0.2) is 4.79 Å². The van der Waals surface area contributed by atoms with Gasteiger partial charge in [0.25, 0.3) is 0 Å². The van der Waals surface area contributed by atoms with Crippen LogP contribution in [-0.4, -0.2) is 34.0 Å². The van der Waals surface area contributed by atoms with Gasteiger partial charge in [0.1, 0.15) is 0 Å². The van der Waals surface area contributed by atoms with Crippen LogP contribution in [0.15, 0.2) is 0 Å². The number of hydrogen-bond donors (Lipinski definition) is 1. The Balaban J connectivity index is 2.46. The zero-order chi connectivity index (χ0) is 9.14. The van der Waals surface area contributed by atoms with E-state index in [0.717, 1.165) is 12.8 Å². The molecule has 1 fully saturated rings. The summed E-state index contributed by atoms with van der Waals surface area (Å²) in [5.41, 5.74) is 0. The van der Waals surface area contributed by atoms with E-state index in [9.17, 15) is 4.79 Å². The highest BCUT2D eigenvalue weighted by molar-refractivity contribution is 9.09. The fraction of sp³-hybridized carbons (Fsp3) is 0.875. The first-order valence-electron chi connectivity index (χ1n) is 4.23. The predicted molar refractivity (Wildman–Crippen MR) is 50.7 cm³/mol. The molecule has 0 radical (unpaired) electrons. The van der Waals surface area contributed by atoms with Crippen LogP contribution in [0.2, 0.25) is 0 Å². The molecule has 70 valence electrons. The number of rotatable bonds is 1. The first kappa shape index (κ1) is 9.84. The Labute approximate surface area is 80.9 Å². The monoisotopic (exact) mass is 235 g/mol. The smallest absolute Gasteiger partial charge is 0.407 e. The van der Waals surface area contributed by atoms with Crippen LogP contribution in [-0.2, 0) is 0 Å². The van der Waals surface area contributed by atoms with Crippen molar-refractivity contribution in [3.8, 4) is 0 Å². The molecule has 2 atom stereocenters. The van der Waals surface area contributed by atoms with Crippen molar-refractivity contribution in [1.29, 1.82) is 0 Å². The summed E-state index contributed by atoms with van der Waals surface area (Å²) in [6, 6.07) is 0. The normalized spacial score (nSPS) is 26.8. The van der Waals surface area contributed by atoms with Gasteiger partial charge in [-0.3, -0.25) is 0 Å². The molecule has 1 rings (SSSR count). The molecule has 1 amide bonds. The maximum atomic E-state index is 10.6. The van der Waals surface area contributed by atoms with Gasteiger partial charge in [0.2, 0.25) is 0 Å². The van der Waals surface area contributed by atoms with Crippen molar-refractivity contribution in [2.45, 2.75) is 24.6 Å². The lowest BCUT2D eigenvalue weighted by atomic mass is 9.96. The number of halogens is 1. The second kappa shape index (κ2) is 4.12. The van der Waals surface area contributed by atoms with Crippen LogP contribution < -0.4 is 0 Å². The predicted octanol–water partition coefficient (Wildman–Crippen LogP) is 2.16. The average molecular weight is 236 g/mol. The van der Waals surface area contributed by atoms with E-state index >= 15 is 0 Å². The van der Waals surface area contributed by atoms with Crippen molar-refractivity contribution in [2.24, 2.45) is 5.92 Å². The van der Waals surface area contributed by atoms with E-state index in [1.54, 1.807) is 0 Å². The molecule has 12 heavy (non-hydrogen) atoms.